The number of hydrogen-bond donors (Lipinski definition) is 0. The normalized spacial score (nSPS) is 10.9. The number of carbonyl (C=O) groups is 1. The van der Waals surface area contributed by atoms with Gasteiger partial charge in [0.1, 0.15) is 0 Å². The summed E-state index contributed by atoms with van der Waals surface area (Å²) in [6.07, 6.45) is 0. The Balaban J connectivity index is 1.62. The van der Waals surface area contributed by atoms with E-state index in [0.717, 1.165) is 19.5 Å². The molecule has 0 aliphatic heterocycles. The Morgan fingerprint density at radius 1 is 0.682 bits per heavy atom. The second-order valence-corrected chi connectivity index (χ2v) is 8.41. The Kier molecular flexibility index (Phi) is 3.80. The summed E-state index contributed by atoms with van der Waals surface area (Å²) in [6, 6.07) is 12.1. The van der Waals surface area contributed by atoms with E-state index in [0.29, 0.717) is 0 Å². The summed E-state index contributed by atoms with van der Waals surface area (Å²) in [6.45, 7) is 0. The molecule has 0 spiro atoms. The first-order chi connectivity index (χ1) is 10.8. The molecule has 5 heteroatoms. The quantitative estimate of drug-likeness (QED) is 0.381. The van der Waals surface area contributed by atoms with Crippen LogP contribution in [0.1, 0.15) is 14.5 Å². The minimum absolute atomic E-state index is 0.123. The van der Waals surface area contributed by atoms with E-state index in [-0.39, 0.29) is 5.78 Å². The van der Waals surface area contributed by atoms with Gasteiger partial charge in [-0.1, -0.05) is 0 Å². The Hall–Kier alpha value is -1.53. The van der Waals surface area contributed by atoms with Gasteiger partial charge in [0.15, 0.2) is 0 Å². The zero-order chi connectivity index (χ0) is 14.9. The highest BCUT2D eigenvalue weighted by atomic mass is 32.1. The molecule has 0 saturated heterocycles. The first kappa shape index (κ1) is 14.1. The molecule has 0 saturated carbocycles. The smallest absolute Gasteiger partial charge is 0.212 e. The molecule has 0 radical (unpaired) electrons. The highest BCUT2D eigenvalue weighted by molar-refractivity contribution is 7.21. The summed E-state index contributed by atoms with van der Waals surface area (Å²) in [5.74, 6) is 0.123. The van der Waals surface area contributed by atoms with Crippen LogP contribution in [0, 0.1) is 0 Å². The van der Waals surface area contributed by atoms with Crippen LogP contribution >= 0.6 is 45.3 Å². The number of thiophene rings is 4. The monoisotopic (exact) mass is 358 g/mol. The molecule has 4 aromatic heterocycles. The molecule has 0 unspecified atom stereocenters. The molecular weight excluding hydrogens is 348 g/mol. The van der Waals surface area contributed by atoms with Crippen LogP contribution in [0.4, 0.5) is 0 Å². The maximum atomic E-state index is 12.6. The molecule has 0 N–H and O–H groups in total. The van der Waals surface area contributed by atoms with Gasteiger partial charge >= 0.3 is 0 Å². The third kappa shape index (κ3) is 2.61. The van der Waals surface area contributed by atoms with Crippen molar-refractivity contribution in [3.8, 4) is 20.9 Å². The fourth-order valence-electron chi connectivity index (χ4n) is 2.16. The number of rotatable bonds is 4. The van der Waals surface area contributed by atoms with Crippen molar-refractivity contribution in [3.63, 3.8) is 0 Å². The predicted octanol–water partition coefficient (Wildman–Crippen LogP) is 6.50. The van der Waals surface area contributed by atoms with Crippen molar-refractivity contribution in [3.05, 3.63) is 67.7 Å². The molecule has 1 nitrogen and oxygen atoms in total. The molecule has 4 aromatic rings. The topological polar surface area (TPSA) is 17.1 Å². The molecule has 4 heterocycles. The lowest BCUT2D eigenvalue weighted by atomic mass is 10.2. The van der Waals surface area contributed by atoms with Gasteiger partial charge in [-0.2, -0.15) is 22.7 Å². The Morgan fingerprint density at radius 3 is 1.59 bits per heavy atom. The fraction of sp³-hybridized carbons (Fsp3) is 0. The van der Waals surface area contributed by atoms with Gasteiger partial charge in [0.25, 0.3) is 0 Å². The van der Waals surface area contributed by atoms with Crippen molar-refractivity contribution in [2.24, 2.45) is 0 Å². The van der Waals surface area contributed by atoms with E-state index in [4.69, 9.17) is 0 Å². The van der Waals surface area contributed by atoms with Crippen LogP contribution in [0.25, 0.3) is 20.9 Å². The summed E-state index contributed by atoms with van der Waals surface area (Å²) in [5.41, 5.74) is 2.39. The van der Waals surface area contributed by atoms with Gasteiger partial charge in [-0.05, 0) is 57.9 Å². The molecule has 0 amide bonds. The first-order valence-corrected chi connectivity index (χ1v) is 10.1. The molecule has 0 bridgehead atoms. The lowest BCUT2D eigenvalue weighted by molar-refractivity contribution is 0.104. The third-order valence-corrected chi connectivity index (χ3v) is 6.90. The summed E-state index contributed by atoms with van der Waals surface area (Å²) >= 11 is 6.48. The zero-order valence-electron chi connectivity index (χ0n) is 11.3. The van der Waals surface area contributed by atoms with E-state index in [1.165, 1.54) is 11.1 Å². The largest absolute Gasteiger partial charge is 0.287 e. The number of ketones is 1. The Morgan fingerprint density at radius 2 is 1.18 bits per heavy atom. The highest BCUT2D eigenvalue weighted by Gasteiger charge is 2.15. The maximum absolute atomic E-state index is 12.6. The minimum atomic E-state index is 0.123. The third-order valence-electron chi connectivity index (χ3n) is 3.27. The van der Waals surface area contributed by atoms with Crippen LogP contribution < -0.4 is 0 Å². The summed E-state index contributed by atoms with van der Waals surface area (Å²) in [4.78, 5) is 16.6. The van der Waals surface area contributed by atoms with Gasteiger partial charge in [-0.3, -0.25) is 4.79 Å². The van der Waals surface area contributed by atoms with E-state index < -0.39 is 0 Å². The average Bonchev–Trinajstić information content (AvgIpc) is 3.35. The summed E-state index contributed by atoms with van der Waals surface area (Å²) in [5, 5.41) is 8.34. The van der Waals surface area contributed by atoms with Crippen LogP contribution in [0.15, 0.2) is 57.9 Å². The predicted molar refractivity (Wildman–Crippen MR) is 98.7 cm³/mol. The maximum Gasteiger partial charge on any atom is 0.212 e. The van der Waals surface area contributed by atoms with Gasteiger partial charge in [-0.15, -0.1) is 22.7 Å². The van der Waals surface area contributed by atoms with E-state index in [1.54, 1.807) is 45.3 Å². The zero-order valence-corrected chi connectivity index (χ0v) is 14.6. The van der Waals surface area contributed by atoms with Gasteiger partial charge < -0.3 is 0 Å². The Labute approximate surface area is 144 Å². The SMILES string of the molecule is O=C(c1ccc(-c2ccsc2)s1)c1ccc(-c2ccsc2)s1. The molecular formula is C17H10OS4. The van der Waals surface area contributed by atoms with Crippen molar-refractivity contribution in [2.75, 3.05) is 0 Å². The van der Waals surface area contributed by atoms with E-state index in [1.807, 2.05) is 24.3 Å². The van der Waals surface area contributed by atoms with Crippen molar-refractivity contribution in [1.29, 1.82) is 0 Å². The first-order valence-electron chi connectivity index (χ1n) is 6.61. The fourth-order valence-corrected chi connectivity index (χ4v) is 5.60. The molecule has 4 rings (SSSR count). The van der Waals surface area contributed by atoms with Crippen LogP contribution in [0.2, 0.25) is 0 Å². The number of carbonyl (C=O) groups excluding carboxylic acids is 1. The van der Waals surface area contributed by atoms with Gasteiger partial charge in [-0.25, -0.2) is 0 Å². The van der Waals surface area contributed by atoms with Crippen molar-refractivity contribution in [2.45, 2.75) is 0 Å². The molecule has 22 heavy (non-hydrogen) atoms. The van der Waals surface area contributed by atoms with E-state index >= 15 is 0 Å². The average molecular weight is 359 g/mol. The van der Waals surface area contributed by atoms with E-state index in [2.05, 4.69) is 33.7 Å². The van der Waals surface area contributed by atoms with Gasteiger partial charge in [0, 0.05) is 20.9 Å². The standard InChI is InChI=1S/C17H10OS4/c18-17(15-3-1-13(21-15)11-5-7-19-9-11)16-4-2-14(22-16)12-6-8-20-10-12/h1-10H. The molecule has 0 aliphatic rings. The second-order valence-electron chi connectivity index (χ2n) is 4.68. The van der Waals surface area contributed by atoms with Gasteiger partial charge in [0.2, 0.25) is 5.78 Å². The van der Waals surface area contributed by atoms with Gasteiger partial charge in [0.05, 0.1) is 9.75 Å². The van der Waals surface area contributed by atoms with Crippen molar-refractivity contribution < 1.29 is 4.79 Å². The number of hydrogen-bond acceptors (Lipinski definition) is 5. The molecule has 0 atom stereocenters. The molecule has 0 fully saturated rings. The lowest BCUT2D eigenvalue weighted by Crippen LogP contribution is -1.93. The van der Waals surface area contributed by atoms with Crippen LogP contribution in [0.5, 0.6) is 0 Å². The molecule has 108 valence electrons. The van der Waals surface area contributed by atoms with E-state index in [9.17, 15) is 4.79 Å². The van der Waals surface area contributed by atoms with Crippen LogP contribution in [0.3, 0.4) is 0 Å². The molecule has 0 aromatic carbocycles. The van der Waals surface area contributed by atoms with Crippen LogP contribution in [-0.2, 0) is 0 Å². The van der Waals surface area contributed by atoms with Crippen molar-refractivity contribution >= 4 is 51.1 Å². The van der Waals surface area contributed by atoms with Crippen LogP contribution in [-0.4, -0.2) is 5.78 Å². The van der Waals surface area contributed by atoms with Crippen molar-refractivity contribution in [1.82, 2.24) is 0 Å². The summed E-state index contributed by atoms with van der Waals surface area (Å²) < 4.78 is 0. The lowest BCUT2D eigenvalue weighted by Gasteiger charge is -1.93. The minimum Gasteiger partial charge on any atom is -0.287 e. The Bertz CT molecular complexity index is 820. The second kappa shape index (κ2) is 5.93. The molecule has 0 aliphatic carbocycles. The highest BCUT2D eigenvalue weighted by Crippen LogP contribution is 2.34. The summed E-state index contributed by atoms with van der Waals surface area (Å²) in [7, 11) is 0.